The smallest absolute Gasteiger partial charge is 0.170 e. The molecule has 0 aliphatic carbocycles. The third-order valence-corrected chi connectivity index (χ3v) is 4.52. The van der Waals surface area contributed by atoms with Gasteiger partial charge in [0.15, 0.2) is 5.82 Å². The molecule has 6 heteroatoms. The summed E-state index contributed by atoms with van der Waals surface area (Å²) in [5.41, 5.74) is 0.994. The fraction of sp³-hybridized carbons (Fsp3) is 0. The minimum absolute atomic E-state index is 0.754. The zero-order valence-corrected chi connectivity index (χ0v) is 10.7. The molecular formula is C12H6N4S2. The Kier molecular flexibility index (Phi) is 2.12. The topological polar surface area (TPSA) is 51.6 Å². The van der Waals surface area contributed by atoms with Crippen molar-refractivity contribution in [2.24, 2.45) is 0 Å². The normalized spacial score (nSPS) is 11.3. The number of nitrogens with zero attached hydrogens (tertiary/aromatic N) is 4. The van der Waals surface area contributed by atoms with E-state index >= 15 is 0 Å². The van der Waals surface area contributed by atoms with Crippen LogP contribution in [0.4, 0.5) is 0 Å². The van der Waals surface area contributed by atoms with E-state index in [2.05, 4.69) is 19.9 Å². The third kappa shape index (κ3) is 1.50. The first-order valence-corrected chi connectivity index (χ1v) is 7.00. The highest BCUT2D eigenvalue weighted by Gasteiger charge is 2.08. The van der Waals surface area contributed by atoms with E-state index in [4.69, 9.17) is 0 Å². The van der Waals surface area contributed by atoms with Gasteiger partial charge in [-0.2, -0.15) is 0 Å². The highest BCUT2D eigenvalue weighted by molar-refractivity contribution is 7.21. The molecule has 0 amide bonds. The van der Waals surface area contributed by atoms with Gasteiger partial charge in [0.1, 0.15) is 11.2 Å². The highest BCUT2D eigenvalue weighted by atomic mass is 32.1. The molecule has 0 aromatic carbocycles. The van der Waals surface area contributed by atoms with Crippen molar-refractivity contribution in [3.63, 3.8) is 0 Å². The van der Waals surface area contributed by atoms with Gasteiger partial charge in [0.05, 0.1) is 15.1 Å². The Balaban J connectivity index is 1.94. The van der Waals surface area contributed by atoms with Gasteiger partial charge in [-0.1, -0.05) is 0 Å². The van der Waals surface area contributed by atoms with Gasteiger partial charge in [0.2, 0.25) is 0 Å². The summed E-state index contributed by atoms with van der Waals surface area (Å²) in [4.78, 5) is 19.2. The average molecular weight is 270 g/mol. The SMILES string of the molecule is c1ncc2cc(-c3ncc4sccc4n3)sc2n1. The molecule has 0 spiro atoms. The van der Waals surface area contributed by atoms with E-state index < -0.39 is 0 Å². The molecule has 4 aromatic heterocycles. The minimum atomic E-state index is 0.754. The maximum absolute atomic E-state index is 4.56. The lowest BCUT2D eigenvalue weighted by Crippen LogP contribution is -1.84. The van der Waals surface area contributed by atoms with E-state index in [0.29, 0.717) is 0 Å². The number of hydrogen-bond acceptors (Lipinski definition) is 6. The van der Waals surface area contributed by atoms with Crippen LogP contribution in [0.15, 0.2) is 36.2 Å². The van der Waals surface area contributed by atoms with Crippen LogP contribution in [-0.2, 0) is 0 Å². The summed E-state index contributed by atoms with van der Waals surface area (Å²) in [6.07, 6.45) is 5.25. The monoisotopic (exact) mass is 270 g/mol. The van der Waals surface area contributed by atoms with Crippen LogP contribution < -0.4 is 0 Å². The quantitative estimate of drug-likeness (QED) is 0.532. The van der Waals surface area contributed by atoms with Crippen LogP contribution in [0.5, 0.6) is 0 Å². The number of rotatable bonds is 1. The van der Waals surface area contributed by atoms with Crippen molar-refractivity contribution in [1.29, 1.82) is 0 Å². The van der Waals surface area contributed by atoms with Crippen LogP contribution in [0.3, 0.4) is 0 Å². The molecule has 4 rings (SSSR count). The average Bonchev–Trinajstić information content (AvgIpc) is 3.04. The van der Waals surface area contributed by atoms with Crippen LogP contribution >= 0.6 is 22.7 Å². The molecule has 18 heavy (non-hydrogen) atoms. The number of fused-ring (bicyclic) bond motifs is 2. The van der Waals surface area contributed by atoms with Crippen molar-refractivity contribution in [2.75, 3.05) is 0 Å². The van der Waals surface area contributed by atoms with Gasteiger partial charge in [0, 0.05) is 17.8 Å². The van der Waals surface area contributed by atoms with Gasteiger partial charge < -0.3 is 0 Å². The predicted molar refractivity (Wildman–Crippen MR) is 73.8 cm³/mol. The van der Waals surface area contributed by atoms with Crippen LogP contribution in [0.2, 0.25) is 0 Å². The van der Waals surface area contributed by atoms with Gasteiger partial charge in [0.25, 0.3) is 0 Å². The molecule has 0 atom stereocenters. The molecule has 0 saturated heterocycles. The zero-order chi connectivity index (χ0) is 11.9. The Labute approximate surface area is 110 Å². The molecule has 4 aromatic rings. The minimum Gasteiger partial charge on any atom is -0.244 e. The van der Waals surface area contributed by atoms with Crippen LogP contribution in [0.1, 0.15) is 0 Å². The molecule has 4 nitrogen and oxygen atoms in total. The zero-order valence-electron chi connectivity index (χ0n) is 9.07. The fourth-order valence-electron chi connectivity index (χ4n) is 1.78. The number of thiophene rings is 2. The summed E-state index contributed by atoms with van der Waals surface area (Å²) in [5.74, 6) is 0.754. The Morgan fingerprint density at radius 2 is 2.11 bits per heavy atom. The van der Waals surface area contributed by atoms with E-state index in [1.165, 1.54) is 0 Å². The lowest BCUT2D eigenvalue weighted by Gasteiger charge is -1.94. The van der Waals surface area contributed by atoms with Gasteiger partial charge in [-0.15, -0.1) is 22.7 Å². The summed E-state index contributed by atoms with van der Waals surface area (Å²) in [6.45, 7) is 0. The fourth-order valence-corrected chi connectivity index (χ4v) is 3.39. The summed E-state index contributed by atoms with van der Waals surface area (Å²) in [7, 11) is 0. The molecule has 0 radical (unpaired) electrons. The van der Waals surface area contributed by atoms with Crippen LogP contribution in [0, 0.1) is 0 Å². The molecule has 0 aliphatic heterocycles. The van der Waals surface area contributed by atoms with Crippen molar-refractivity contribution >= 4 is 43.1 Å². The lowest BCUT2D eigenvalue weighted by atomic mass is 10.3. The van der Waals surface area contributed by atoms with E-state index in [1.807, 2.05) is 29.9 Å². The predicted octanol–water partition coefficient (Wildman–Crippen LogP) is 3.36. The molecule has 4 heterocycles. The Bertz CT molecular complexity index is 816. The maximum Gasteiger partial charge on any atom is 0.170 e. The first kappa shape index (κ1) is 10.0. The first-order valence-electron chi connectivity index (χ1n) is 5.30. The van der Waals surface area contributed by atoms with Gasteiger partial charge >= 0.3 is 0 Å². The summed E-state index contributed by atoms with van der Waals surface area (Å²) < 4.78 is 1.11. The number of hydrogen-bond donors (Lipinski definition) is 0. The molecular weight excluding hydrogens is 264 g/mol. The second kappa shape index (κ2) is 3.79. The molecule has 0 aliphatic rings. The Morgan fingerprint density at radius 3 is 3.06 bits per heavy atom. The van der Waals surface area contributed by atoms with Crippen molar-refractivity contribution in [3.05, 3.63) is 36.2 Å². The molecule has 0 N–H and O–H groups in total. The molecule has 86 valence electrons. The van der Waals surface area contributed by atoms with E-state index in [1.54, 1.807) is 29.0 Å². The second-order valence-corrected chi connectivity index (χ2v) is 5.74. The maximum atomic E-state index is 4.56. The van der Waals surface area contributed by atoms with Crippen LogP contribution in [0.25, 0.3) is 31.1 Å². The highest BCUT2D eigenvalue weighted by Crippen LogP contribution is 2.30. The standard InChI is InChI=1S/C12H6N4S2/c1-2-17-10-5-14-11(16-8(1)10)9-3-7-4-13-6-15-12(7)18-9/h1-6H. The lowest BCUT2D eigenvalue weighted by molar-refractivity contribution is 1.23. The van der Waals surface area contributed by atoms with Gasteiger partial charge in [-0.3, -0.25) is 0 Å². The van der Waals surface area contributed by atoms with Gasteiger partial charge in [-0.25, -0.2) is 19.9 Å². The Hall–Kier alpha value is -1.92. The third-order valence-electron chi connectivity index (χ3n) is 2.62. The van der Waals surface area contributed by atoms with E-state index in [9.17, 15) is 0 Å². The molecule has 0 unspecified atom stereocenters. The van der Waals surface area contributed by atoms with Crippen molar-refractivity contribution in [3.8, 4) is 10.7 Å². The Morgan fingerprint density at radius 1 is 1.11 bits per heavy atom. The second-order valence-electron chi connectivity index (χ2n) is 3.76. The van der Waals surface area contributed by atoms with Crippen molar-refractivity contribution < 1.29 is 0 Å². The van der Waals surface area contributed by atoms with Crippen molar-refractivity contribution in [2.45, 2.75) is 0 Å². The molecule has 0 fully saturated rings. The van der Waals surface area contributed by atoms with Crippen LogP contribution in [-0.4, -0.2) is 19.9 Å². The number of aromatic nitrogens is 4. The molecule has 0 saturated carbocycles. The summed E-state index contributed by atoms with van der Waals surface area (Å²) in [6, 6.07) is 4.05. The summed E-state index contributed by atoms with van der Waals surface area (Å²) in [5, 5.41) is 3.06. The van der Waals surface area contributed by atoms with Crippen molar-refractivity contribution in [1.82, 2.24) is 19.9 Å². The largest absolute Gasteiger partial charge is 0.244 e. The molecule has 0 bridgehead atoms. The van der Waals surface area contributed by atoms with E-state index in [0.717, 1.165) is 31.1 Å². The summed E-state index contributed by atoms with van der Waals surface area (Å²) >= 11 is 3.24. The first-order chi connectivity index (χ1) is 8.90. The van der Waals surface area contributed by atoms with E-state index in [-0.39, 0.29) is 0 Å². The van der Waals surface area contributed by atoms with Gasteiger partial charge in [-0.05, 0) is 17.5 Å².